The zero-order valence-electron chi connectivity index (χ0n) is 23.1. The van der Waals surface area contributed by atoms with Crippen LogP contribution in [0.3, 0.4) is 0 Å². The molecule has 0 amide bonds. The monoisotopic (exact) mass is 588 g/mol. The number of hydrogen-bond donors (Lipinski definition) is 0. The summed E-state index contributed by atoms with van der Waals surface area (Å²) in [5, 5.41) is 17.0. The molecule has 0 saturated heterocycles. The third kappa shape index (κ3) is 6.74. The minimum atomic E-state index is -0.707. The van der Waals surface area contributed by atoms with E-state index in [0.717, 1.165) is 27.5 Å². The molecular formula is C34H24N2O6S. The van der Waals surface area contributed by atoms with Gasteiger partial charge in [-0.25, -0.2) is 4.79 Å². The number of carbonyl (C=O) groups excluding carboxylic acids is 3. The number of rotatable bonds is 9. The molecule has 0 radical (unpaired) electrons. The van der Waals surface area contributed by atoms with Gasteiger partial charge in [0.2, 0.25) is 5.78 Å². The summed E-state index contributed by atoms with van der Waals surface area (Å²) in [6, 6.07) is 31.7. The van der Waals surface area contributed by atoms with Gasteiger partial charge in [0.15, 0.2) is 11.5 Å². The normalized spacial score (nSPS) is 11.3. The van der Waals surface area contributed by atoms with Gasteiger partial charge in [0.1, 0.15) is 0 Å². The average molecular weight is 589 g/mol. The molecule has 0 N–H and O–H groups in total. The SMILES string of the molecule is CC(=O)O/N=C(\C(=O)c1ccc(Sc2ccc(C(=O)c3ccc4ccccc4c3)cc2)cc1)c1ccc([N+](=O)[O-])cc1C. The van der Waals surface area contributed by atoms with Gasteiger partial charge in [0.25, 0.3) is 5.69 Å². The van der Waals surface area contributed by atoms with Crippen LogP contribution < -0.4 is 0 Å². The second kappa shape index (κ2) is 12.6. The van der Waals surface area contributed by atoms with Gasteiger partial charge in [-0.1, -0.05) is 53.3 Å². The predicted molar refractivity (Wildman–Crippen MR) is 165 cm³/mol. The Balaban J connectivity index is 1.31. The van der Waals surface area contributed by atoms with Crippen molar-refractivity contribution in [2.75, 3.05) is 0 Å². The fourth-order valence-corrected chi connectivity index (χ4v) is 5.29. The number of Topliss-reactive ketones (excluding diaryl/α,β-unsaturated/α-hetero) is 1. The quantitative estimate of drug-likeness (QED) is 0.0573. The topological polar surface area (TPSA) is 116 Å². The van der Waals surface area contributed by atoms with Gasteiger partial charge >= 0.3 is 5.97 Å². The highest BCUT2D eigenvalue weighted by molar-refractivity contribution is 7.99. The zero-order valence-corrected chi connectivity index (χ0v) is 24.0. The Labute approximate surface area is 251 Å². The van der Waals surface area contributed by atoms with E-state index in [2.05, 4.69) is 5.16 Å². The number of fused-ring (bicyclic) bond motifs is 1. The van der Waals surface area contributed by atoms with Gasteiger partial charge in [-0.15, -0.1) is 0 Å². The molecule has 0 aliphatic heterocycles. The summed E-state index contributed by atoms with van der Waals surface area (Å²) >= 11 is 1.47. The van der Waals surface area contributed by atoms with Crippen LogP contribution in [0.25, 0.3) is 10.8 Å². The minimum Gasteiger partial charge on any atom is -0.318 e. The number of oxime groups is 1. The first-order valence-electron chi connectivity index (χ1n) is 13.2. The Hall–Kier alpha value is -5.41. The van der Waals surface area contributed by atoms with Crippen LogP contribution in [0.5, 0.6) is 0 Å². The minimum absolute atomic E-state index is 0.0559. The van der Waals surface area contributed by atoms with E-state index in [1.807, 2.05) is 54.6 Å². The molecule has 8 nitrogen and oxygen atoms in total. The summed E-state index contributed by atoms with van der Waals surface area (Å²) in [4.78, 5) is 55.0. The molecule has 9 heteroatoms. The van der Waals surface area contributed by atoms with E-state index in [1.54, 1.807) is 43.3 Å². The third-order valence-corrected chi connectivity index (χ3v) is 7.65. The van der Waals surface area contributed by atoms with Crippen molar-refractivity contribution in [3.63, 3.8) is 0 Å². The first-order valence-corrected chi connectivity index (χ1v) is 14.0. The van der Waals surface area contributed by atoms with Crippen LogP contribution in [-0.2, 0) is 9.63 Å². The molecule has 5 aromatic carbocycles. The summed E-state index contributed by atoms with van der Waals surface area (Å²) < 4.78 is 0. The van der Waals surface area contributed by atoms with Crippen molar-refractivity contribution in [2.45, 2.75) is 23.6 Å². The lowest BCUT2D eigenvalue weighted by Gasteiger charge is -2.09. The van der Waals surface area contributed by atoms with Crippen LogP contribution in [0.4, 0.5) is 5.69 Å². The summed E-state index contributed by atoms with van der Waals surface area (Å²) in [7, 11) is 0. The van der Waals surface area contributed by atoms with E-state index in [0.29, 0.717) is 27.8 Å². The lowest BCUT2D eigenvalue weighted by molar-refractivity contribution is -0.384. The van der Waals surface area contributed by atoms with Gasteiger partial charge in [-0.2, -0.15) is 0 Å². The van der Waals surface area contributed by atoms with Gasteiger partial charge in [-0.05, 0) is 83.9 Å². The molecule has 0 bridgehead atoms. The number of nitro benzene ring substituents is 1. The Bertz CT molecular complexity index is 1910. The van der Waals surface area contributed by atoms with Crippen LogP contribution in [0.2, 0.25) is 0 Å². The lowest BCUT2D eigenvalue weighted by atomic mass is 9.97. The first kappa shape index (κ1) is 29.1. The molecule has 0 aromatic heterocycles. The van der Waals surface area contributed by atoms with Gasteiger partial charge in [0.05, 0.1) is 4.92 Å². The molecule has 0 saturated carbocycles. The number of nitro groups is 1. The fraction of sp³-hybridized carbons (Fsp3) is 0.0588. The second-order valence-corrected chi connectivity index (χ2v) is 10.8. The van der Waals surface area contributed by atoms with E-state index in [1.165, 1.54) is 30.0 Å². The van der Waals surface area contributed by atoms with Crippen molar-refractivity contribution in [1.29, 1.82) is 0 Å². The van der Waals surface area contributed by atoms with Crippen molar-refractivity contribution in [3.8, 4) is 0 Å². The van der Waals surface area contributed by atoms with Crippen LogP contribution >= 0.6 is 11.8 Å². The molecule has 0 unspecified atom stereocenters. The highest BCUT2D eigenvalue weighted by Crippen LogP contribution is 2.29. The molecule has 0 fully saturated rings. The summed E-state index contributed by atoms with van der Waals surface area (Å²) in [5.74, 6) is -1.27. The predicted octanol–water partition coefficient (Wildman–Crippen LogP) is 7.59. The zero-order chi connectivity index (χ0) is 30.5. The first-order chi connectivity index (χ1) is 20.7. The molecule has 212 valence electrons. The number of hydrogen-bond acceptors (Lipinski definition) is 8. The van der Waals surface area contributed by atoms with Crippen LogP contribution in [0.1, 0.15) is 44.3 Å². The maximum atomic E-state index is 13.4. The van der Waals surface area contributed by atoms with Crippen LogP contribution in [0, 0.1) is 17.0 Å². The largest absolute Gasteiger partial charge is 0.332 e. The summed E-state index contributed by atoms with van der Waals surface area (Å²) in [6.45, 7) is 2.77. The van der Waals surface area contributed by atoms with Crippen molar-refractivity contribution in [3.05, 3.63) is 147 Å². The number of ketones is 2. The highest BCUT2D eigenvalue weighted by atomic mass is 32.2. The molecule has 0 aliphatic rings. The van der Waals surface area contributed by atoms with Crippen LogP contribution in [0.15, 0.2) is 124 Å². The Morgan fingerprint density at radius 1 is 0.744 bits per heavy atom. The van der Waals surface area contributed by atoms with E-state index < -0.39 is 16.7 Å². The average Bonchev–Trinajstić information content (AvgIpc) is 3.01. The standard InChI is InChI=1S/C34H24N2O6S/c1-21-19-28(36(40)41)13-18-31(21)32(35-42-22(2)37)34(39)25-11-16-30(17-12-25)43-29-14-9-24(10-15-29)33(38)27-8-7-23-5-3-4-6-26(23)20-27/h3-20H,1-2H3/b35-32-. The smallest absolute Gasteiger partial charge is 0.318 e. The van der Waals surface area contributed by atoms with E-state index in [-0.39, 0.29) is 17.2 Å². The Morgan fingerprint density at radius 3 is 1.95 bits per heavy atom. The van der Waals surface area contributed by atoms with Crippen molar-refractivity contribution in [1.82, 2.24) is 0 Å². The number of carbonyl (C=O) groups is 3. The van der Waals surface area contributed by atoms with Crippen molar-refractivity contribution in [2.24, 2.45) is 5.16 Å². The molecule has 0 heterocycles. The number of non-ortho nitro benzene ring substituents is 1. The molecule has 43 heavy (non-hydrogen) atoms. The molecule has 0 aliphatic carbocycles. The molecule has 5 rings (SSSR count). The van der Waals surface area contributed by atoms with Gasteiger partial charge < -0.3 is 4.84 Å². The molecule has 0 atom stereocenters. The van der Waals surface area contributed by atoms with E-state index in [4.69, 9.17) is 4.84 Å². The summed E-state index contributed by atoms with van der Waals surface area (Å²) in [5.41, 5.74) is 1.98. The van der Waals surface area contributed by atoms with Crippen molar-refractivity contribution >= 4 is 51.5 Å². The number of benzene rings is 5. The third-order valence-electron chi connectivity index (χ3n) is 6.64. The van der Waals surface area contributed by atoms with E-state index >= 15 is 0 Å². The van der Waals surface area contributed by atoms with E-state index in [9.17, 15) is 24.5 Å². The van der Waals surface area contributed by atoms with Crippen LogP contribution in [-0.4, -0.2) is 28.2 Å². The Kier molecular flexibility index (Phi) is 8.54. The van der Waals surface area contributed by atoms with Gasteiger partial charge in [-0.3, -0.25) is 19.7 Å². The Morgan fingerprint density at radius 2 is 1.35 bits per heavy atom. The number of nitrogens with zero attached hydrogens (tertiary/aromatic N) is 2. The van der Waals surface area contributed by atoms with Gasteiger partial charge in [0, 0.05) is 51.1 Å². The second-order valence-electron chi connectivity index (χ2n) is 9.65. The maximum absolute atomic E-state index is 13.4. The summed E-state index contributed by atoms with van der Waals surface area (Å²) in [6.07, 6.45) is 0. The fourth-order valence-electron chi connectivity index (χ4n) is 4.47. The lowest BCUT2D eigenvalue weighted by Crippen LogP contribution is -2.18. The molecule has 5 aromatic rings. The van der Waals surface area contributed by atoms with Crippen molar-refractivity contribution < 1.29 is 24.1 Å². The molecular weight excluding hydrogens is 564 g/mol. The number of aryl methyl sites for hydroxylation is 1. The maximum Gasteiger partial charge on any atom is 0.332 e. The molecule has 0 spiro atoms. The highest BCUT2D eigenvalue weighted by Gasteiger charge is 2.21.